The van der Waals surface area contributed by atoms with Gasteiger partial charge in [0.05, 0.1) is 22.7 Å². The highest BCUT2D eigenvalue weighted by Gasteiger charge is 2.24. The molecule has 0 bridgehead atoms. The van der Waals surface area contributed by atoms with Gasteiger partial charge in [0, 0.05) is 32.7 Å². The third-order valence-corrected chi connectivity index (χ3v) is 6.15. The number of carbonyl (C=O) groups excluding carboxylic acids is 3. The van der Waals surface area contributed by atoms with Crippen molar-refractivity contribution in [3.05, 3.63) is 77.1 Å². The number of thiophene rings is 1. The van der Waals surface area contributed by atoms with Crippen LogP contribution in [0.15, 0.2) is 65.3 Å². The van der Waals surface area contributed by atoms with E-state index in [1.54, 1.807) is 29.2 Å². The Hall–Kier alpha value is -3.43. The molecule has 0 unspecified atom stereocenters. The van der Waals surface area contributed by atoms with Crippen molar-refractivity contribution in [3.63, 3.8) is 0 Å². The molecule has 3 amide bonds. The Morgan fingerprint density at radius 3 is 2.44 bits per heavy atom. The fourth-order valence-corrected chi connectivity index (χ4v) is 4.29. The molecule has 3 aromatic rings. The topological polar surface area (TPSA) is 94.9 Å². The zero-order chi connectivity index (χ0) is 22.3. The molecule has 0 radical (unpaired) electrons. The Morgan fingerprint density at radius 1 is 0.938 bits per heavy atom. The van der Waals surface area contributed by atoms with Crippen LogP contribution in [0, 0.1) is 0 Å². The third kappa shape index (κ3) is 5.63. The van der Waals surface area contributed by atoms with Gasteiger partial charge in [0.25, 0.3) is 11.8 Å². The number of nitrogens with zero attached hydrogens (tertiary/aromatic N) is 2. The van der Waals surface area contributed by atoms with Crippen LogP contribution < -0.4 is 10.6 Å². The van der Waals surface area contributed by atoms with Gasteiger partial charge < -0.3 is 20.0 Å². The average molecular weight is 453 g/mol. The van der Waals surface area contributed by atoms with E-state index in [4.69, 9.17) is 4.42 Å². The van der Waals surface area contributed by atoms with E-state index in [2.05, 4.69) is 10.6 Å². The highest BCUT2D eigenvalue weighted by molar-refractivity contribution is 7.18. The molecule has 0 aliphatic carbocycles. The van der Waals surface area contributed by atoms with Crippen LogP contribution in [0.25, 0.3) is 0 Å². The largest absolute Gasteiger partial charge is 0.459 e. The summed E-state index contributed by atoms with van der Waals surface area (Å²) >= 11 is 1.23. The van der Waals surface area contributed by atoms with Gasteiger partial charge >= 0.3 is 0 Å². The van der Waals surface area contributed by atoms with Gasteiger partial charge in [-0.1, -0.05) is 30.3 Å². The first-order chi connectivity index (χ1) is 15.6. The van der Waals surface area contributed by atoms with Crippen molar-refractivity contribution in [2.45, 2.75) is 6.54 Å². The van der Waals surface area contributed by atoms with Gasteiger partial charge in [-0.25, -0.2) is 0 Å². The smallest absolute Gasteiger partial charge is 0.291 e. The summed E-state index contributed by atoms with van der Waals surface area (Å²) < 4.78 is 5.08. The molecule has 3 heterocycles. The summed E-state index contributed by atoms with van der Waals surface area (Å²) in [5.41, 5.74) is 1.06. The predicted molar refractivity (Wildman–Crippen MR) is 122 cm³/mol. The summed E-state index contributed by atoms with van der Waals surface area (Å²) in [5.74, 6) is -0.226. The van der Waals surface area contributed by atoms with Crippen molar-refractivity contribution in [2.75, 3.05) is 38.0 Å². The van der Waals surface area contributed by atoms with Crippen molar-refractivity contribution in [1.82, 2.24) is 15.1 Å². The molecule has 2 aromatic heterocycles. The predicted octanol–water partition coefficient (Wildman–Crippen LogP) is 2.67. The molecule has 1 saturated heterocycles. The van der Waals surface area contributed by atoms with Crippen LogP contribution in [0.1, 0.15) is 25.8 Å². The first kappa shape index (κ1) is 21.8. The van der Waals surface area contributed by atoms with E-state index in [1.165, 1.54) is 17.6 Å². The van der Waals surface area contributed by atoms with Crippen molar-refractivity contribution in [3.8, 4) is 0 Å². The van der Waals surface area contributed by atoms with Crippen molar-refractivity contribution < 1.29 is 18.8 Å². The number of amides is 3. The molecular weight excluding hydrogens is 428 g/mol. The molecule has 0 atom stereocenters. The van der Waals surface area contributed by atoms with Crippen molar-refractivity contribution in [2.24, 2.45) is 0 Å². The summed E-state index contributed by atoms with van der Waals surface area (Å²) in [6.45, 7) is 3.20. The van der Waals surface area contributed by atoms with E-state index in [0.717, 1.165) is 5.56 Å². The minimum Gasteiger partial charge on any atom is -0.459 e. The number of benzene rings is 1. The van der Waals surface area contributed by atoms with E-state index >= 15 is 0 Å². The summed E-state index contributed by atoms with van der Waals surface area (Å²) in [7, 11) is 0. The van der Waals surface area contributed by atoms with Gasteiger partial charge in [0.1, 0.15) is 0 Å². The van der Waals surface area contributed by atoms with Crippen LogP contribution in [0.4, 0.5) is 5.00 Å². The number of piperazine rings is 1. The Kier molecular flexibility index (Phi) is 6.98. The van der Waals surface area contributed by atoms with E-state index in [0.29, 0.717) is 49.1 Å². The summed E-state index contributed by atoms with van der Waals surface area (Å²) in [5, 5.41) is 6.26. The van der Waals surface area contributed by atoms with Crippen LogP contribution >= 0.6 is 11.3 Å². The molecule has 2 N–H and O–H groups in total. The van der Waals surface area contributed by atoms with E-state index < -0.39 is 0 Å². The number of hydrogen-bond acceptors (Lipinski definition) is 6. The van der Waals surface area contributed by atoms with Gasteiger partial charge in [-0.3, -0.25) is 19.3 Å². The molecule has 9 heteroatoms. The lowest BCUT2D eigenvalue weighted by Gasteiger charge is -2.34. The fourth-order valence-electron chi connectivity index (χ4n) is 3.42. The Labute approximate surface area is 189 Å². The van der Waals surface area contributed by atoms with E-state index in [1.807, 2.05) is 35.2 Å². The lowest BCUT2D eigenvalue weighted by atomic mass is 10.2. The fraction of sp³-hybridized carbons (Fsp3) is 0.261. The molecule has 32 heavy (non-hydrogen) atoms. The monoisotopic (exact) mass is 452 g/mol. The van der Waals surface area contributed by atoms with Crippen molar-refractivity contribution in [1.29, 1.82) is 0 Å². The van der Waals surface area contributed by atoms with Gasteiger partial charge in [-0.15, -0.1) is 11.3 Å². The summed E-state index contributed by atoms with van der Waals surface area (Å²) in [6.07, 6.45) is 1.44. The lowest BCUT2D eigenvalue weighted by molar-refractivity contribution is -0.122. The second kappa shape index (κ2) is 10.3. The Bertz CT molecular complexity index is 1060. The number of anilines is 1. The van der Waals surface area contributed by atoms with E-state index in [-0.39, 0.29) is 23.5 Å². The van der Waals surface area contributed by atoms with Crippen LogP contribution in [-0.4, -0.2) is 60.2 Å². The Balaban J connectivity index is 1.22. The number of carbonyl (C=O) groups is 3. The number of nitrogens with one attached hydrogen (secondary N) is 2. The first-order valence-electron chi connectivity index (χ1n) is 10.4. The van der Waals surface area contributed by atoms with Gasteiger partial charge in [0.2, 0.25) is 5.91 Å². The minimum atomic E-state index is -0.352. The average Bonchev–Trinajstić information content (AvgIpc) is 3.51. The molecule has 1 aliphatic rings. The van der Waals surface area contributed by atoms with Crippen LogP contribution in [0.2, 0.25) is 0 Å². The van der Waals surface area contributed by atoms with Gasteiger partial charge in [-0.05, 0) is 29.8 Å². The molecule has 8 nitrogen and oxygen atoms in total. The standard InChI is InChI=1S/C23H24N4O4S/c28-20(24-15-17-5-2-1-3-6-17)16-26-10-12-27(13-11-26)23(30)19-8-9-21(32-19)25-22(29)18-7-4-14-31-18/h1-9,14H,10-13,15-16H2,(H,24,28)(H,25,29). The first-order valence-corrected chi connectivity index (χ1v) is 11.2. The lowest BCUT2D eigenvalue weighted by Crippen LogP contribution is -2.51. The maximum atomic E-state index is 12.8. The SMILES string of the molecule is O=C(CN1CCN(C(=O)c2ccc(NC(=O)c3ccco3)s2)CC1)NCc1ccccc1. The molecule has 0 saturated carbocycles. The van der Waals surface area contributed by atoms with Crippen LogP contribution in [0.3, 0.4) is 0 Å². The minimum absolute atomic E-state index is 0.0242. The second-order valence-electron chi connectivity index (χ2n) is 7.43. The second-order valence-corrected chi connectivity index (χ2v) is 8.51. The quantitative estimate of drug-likeness (QED) is 0.575. The molecule has 1 aromatic carbocycles. The van der Waals surface area contributed by atoms with Gasteiger partial charge in [-0.2, -0.15) is 0 Å². The summed E-state index contributed by atoms with van der Waals surface area (Å²) in [4.78, 5) is 41.5. The highest BCUT2D eigenvalue weighted by Crippen LogP contribution is 2.24. The molecule has 1 fully saturated rings. The maximum absolute atomic E-state index is 12.8. The van der Waals surface area contributed by atoms with Gasteiger partial charge in [0.15, 0.2) is 5.76 Å². The third-order valence-electron chi connectivity index (χ3n) is 5.16. The Morgan fingerprint density at radius 2 is 1.72 bits per heavy atom. The molecule has 0 spiro atoms. The molecule has 1 aliphatic heterocycles. The zero-order valence-electron chi connectivity index (χ0n) is 17.5. The van der Waals surface area contributed by atoms with Crippen molar-refractivity contribution >= 4 is 34.1 Å². The number of furan rings is 1. The van der Waals surface area contributed by atoms with Crippen LogP contribution in [0.5, 0.6) is 0 Å². The molecule has 166 valence electrons. The summed E-state index contributed by atoms with van der Waals surface area (Å²) in [6, 6.07) is 16.4. The number of hydrogen-bond donors (Lipinski definition) is 2. The highest BCUT2D eigenvalue weighted by atomic mass is 32.1. The number of rotatable bonds is 7. The molecule has 4 rings (SSSR count). The maximum Gasteiger partial charge on any atom is 0.291 e. The molecular formula is C23H24N4O4S. The normalized spacial score (nSPS) is 14.2. The van der Waals surface area contributed by atoms with E-state index in [9.17, 15) is 14.4 Å². The van der Waals surface area contributed by atoms with Crippen LogP contribution in [-0.2, 0) is 11.3 Å². The zero-order valence-corrected chi connectivity index (χ0v) is 18.3.